The van der Waals surface area contributed by atoms with Crippen LogP contribution in [0, 0.1) is 0 Å². The van der Waals surface area contributed by atoms with Crippen molar-refractivity contribution in [1.82, 2.24) is 5.32 Å². The second kappa shape index (κ2) is 8.08. The summed E-state index contributed by atoms with van der Waals surface area (Å²) in [7, 11) is 3.76. The Bertz CT molecular complexity index is 138. The Labute approximate surface area is 94.5 Å². The molecule has 0 aliphatic rings. The van der Waals surface area contributed by atoms with Gasteiger partial charge in [0.1, 0.15) is 0 Å². The van der Waals surface area contributed by atoms with Crippen molar-refractivity contribution in [2.75, 3.05) is 27.4 Å². The van der Waals surface area contributed by atoms with Crippen molar-refractivity contribution in [3.05, 3.63) is 0 Å². The minimum absolute atomic E-state index is 0.0948. The molecule has 0 rings (SSSR count). The second-order valence-corrected chi connectivity index (χ2v) is 3.89. The van der Waals surface area contributed by atoms with Crippen molar-refractivity contribution in [1.29, 1.82) is 0 Å². The number of methoxy groups -OCH3 is 1. The maximum absolute atomic E-state index is 5.68. The fraction of sp³-hybridized carbons (Fsp3) is 1.00. The predicted molar refractivity (Wildman–Crippen MR) is 64.3 cm³/mol. The van der Waals surface area contributed by atoms with Gasteiger partial charge >= 0.3 is 0 Å². The summed E-state index contributed by atoms with van der Waals surface area (Å²) in [5.74, 6) is 0. The van der Waals surface area contributed by atoms with Gasteiger partial charge in [-0.05, 0) is 26.3 Å². The molecule has 0 saturated carbocycles. The average molecular weight is 217 g/mol. The molecule has 0 spiro atoms. The Morgan fingerprint density at radius 2 is 1.80 bits per heavy atom. The van der Waals surface area contributed by atoms with E-state index in [0.29, 0.717) is 0 Å². The van der Waals surface area contributed by atoms with Gasteiger partial charge < -0.3 is 14.8 Å². The molecule has 0 fully saturated rings. The van der Waals surface area contributed by atoms with Crippen molar-refractivity contribution in [3.63, 3.8) is 0 Å². The molecule has 0 aromatic rings. The Kier molecular flexibility index (Phi) is 8.02. The van der Waals surface area contributed by atoms with Gasteiger partial charge in [0.25, 0.3) is 0 Å². The van der Waals surface area contributed by atoms with Gasteiger partial charge in [-0.2, -0.15) is 0 Å². The fourth-order valence-corrected chi connectivity index (χ4v) is 2.02. The summed E-state index contributed by atoms with van der Waals surface area (Å²) in [6.45, 7) is 8.00. The van der Waals surface area contributed by atoms with Crippen LogP contribution in [0.15, 0.2) is 0 Å². The maximum atomic E-state index is 5.68. The largest absolute Gasteiger partial charge is 0.380 e. The highest BCUT2D eigenvalue weighted by atomic mass is 16.5. The van der Waals surface area contributed by atoms with Crippen LogP contribution in [0.2, 0.25) is 0 Å². The summed E-state index contributed by atoms with van der Waals surface area (Å²) in [4.78, 5) is 0. The van der Waals surface area contributed by atoms with Gasteiger partial charge in [0.15, 0.2) is 0 Å². The van der Waals surface area contributed by atoms with Crippen molar-refractivity contribution in [2.24, 2.45) is 0 Å². The van der Waals surface area contributed by atoms with E-state index in [-0.39, 0.29) is 11.6 Å². The Balaban J connectivity index is 4.31. The number of hydrogen-bond donors (Lipinski definition) is 1. The monoisotopic (exact) mass is 217 g/mol. The topological polar surface area (TPSA) is 30.5 Å². The van der Waals surface area contributed by atoms with Gasteiger partial charge in [0.2, 0.25) is 0 Å². The molecule has 0 saturated heterocycles. The summed E-state index contributed by atoms with van der Waals surface area (Å²) in [6.07, 6.45) is 3.07. The fourth-order valence-electron chi connectivity index (χ4n) is 2.02. The SMILES string of the molecule is CCCOCC(NC)C(CC)(CC)OC. The van der Waals surface area contributed by atoms with Gasteiger partial charge in [0, 0.05) is 13.7 Å². The molecule has 1 N–H and O–H groups in total. The summed E-state index contributed by atoms with van der Waals surface area (Å²) in [6, 6.07) is 0.268. The van der Waals surface area contributed by atoms with E-state index in [0.717, 1.165) is 32.5 Å². The van der Waals surface area contributed by atoms with Crippen LogP contribution >= 0.6 is 0 Å². The first kappa shape index (κ1) is 14.9. The first-order valence-electron chi connectivity index (χ1n) is 6.00. The van der Waals surface area contributed by atoms with Gasteiger partial charge in [-0.1, -0.05) is 20.8 Å². The summed E-state index contributed by atoms with van der Waals surface area (Å²) in [5, 5.41) is 3.30. The lowest BCUT2D eigenvalue weighted by molar-refractivity contribution is -0.0675. The van der Waals surface area contributed by atoms with Crippen LogP contribution in [0.3, 0.4) is 0 Å². The number of nitrogens with one attached hydrogen (secondary N) is 1. The van der Waals surface area contributed by atoms with E-state index in [1.165, 1.54) is 0 Å². The highest BCUT2D eigenvalue weighted by molar-refractivity contribution is 4.90. The lowest BCUT2D eigenvalue weighted by Gasteiger charge is -2.38. The van der Waals surface area contributed by atoms with Gasteiger partial charge in [-0.25, -0.2) is 0 Å². The summed E-state index contributed by atoms with van der Waals surface area (Å²) in [5.41, 5.74) is -0.0948. The van der Waals surface area contributed by atoms with Gasteiger partial charge in [0.05, 0.1) is 18.2 Å². The first-order valence-corrected chi connectivity index (χ1v) is 6.00. The number of rotatable bonds is 9. The third-order valence-electron chi connectivity index (χ3n) is 3.22. The highest BCUT2D eigenvalue weighted by Gasteiger charge is 2.34. The Hall–Kier alpha value is -0.120. The zero-order chi connectivity index (χ0) is 11.7. The number of ether oxygens (including phenoxy) is 2. The standard InChI is InChI=1S/C12H27NO2/c1-6-9-15-10-11(13-4)12(7-2,8-3)14-5/h11,13H,6-10H2,1-5H3. The quantitative estimate of drug-likeness (QED) is 0.601. The lowest BCUT2D eigenvalue weighted by Crippen LogP contribution is -2.52. The Morgan fingerprint density at radius 1 is 1.20 bits per heavy atom. The third-order valence-corrected chi connectivity index (χ3v) is 3.22. The van der Waals surface area contributed by atoms with E-state index >= 15 is 0 Å². The summed E-state index contributed by atoms with van der Waals surface area (Å²) < 4.78 is 11.3. The van der Waals surface area contributed by atoms with Crippen LogP contribution in [0.25, 0.3) is 0 Å². The van der Waals surface area contributed by atoms with E-state index in [1.807, 2.05) is 7.05 Å². The molecule has 0 bridgehead atoms. The molecular weight excluding hydrogens is 190 g/mol. The van der Waals surface area contributed by atoms with Crippen molar-refractivity contribution in [2.45, 2.75) is 51.7 Å². The molecular formula is C12H27NO2. The predicted octanol–water partition coefficient (Wildman–Crippen LogP) is 2.21. The number of likely N-dealkylation sites (N-methyl/N-ethyl adjacent to an activating group) is 1. The third kappa shape index (κ3) is 4.09. The van der Waals surface area contributed by atoms with E-state index in [4.69, 9.17) is 9.47 Å². The molecule has 0 heterocycles. The van der Waals surface area contributed by atoms with E-state index in [2.05, 4.69) is 26.1 Å². The molecule has 0 aromatic carbocycles. The van der Waals surface area contributed by atoms with Crippen molar-refractivity contribution >= 4 is 0 Å². The van der Waals surface area contributed by atoms with Crippen LogP contribution in [0.4, 0.5) is 0 Å². The minimum atomic E-state index is -0.0948. The molecule has 0 aromatic heterocycles. The first-order chi connectivity index (χ1) is 7.20. The smallest absolute Gasteiger partial charge is 0.0848 e. The van der Waals surface area contributed by atoms with E-state index in [9.17, 15) is 0 Å². The molecule has 1 atom stereocenters. The number of hydrogen-bond acceptors (Lipinski definition) is 3. The van der Waals surface area contributed by atoms with E-state index < -0.39 is 0 Å². The van der Waals surface area contributed by atoms with E-state index in [1.54, 1.807) is 7.11 Å². The average Bonchev–Trinajstić information content (AvgIpc) is 2.29. The molecule has 0 amide bonds. The molecule has 92 valence electrons. The molecule has 3 nitrogen and oxygen atoms in total. The zero-order valence-corrected chi connectivity index (χ0v) is 10.9. The minimum Gasteiger partial charge on any atom is -0.380 e. The zero-order valence-electron chi connectivity index (χ0n) is 10.9. The molecule has 1 unspecified atom stereocenters. The van der Waals surface area contributed by atoms with Crippen LogP contribution in [0.1, 0.15) is 40.0 Å². The van der Waals surface area contributed by atoms with Crippen molar-refractivity contribution < 1.29 is 9.47 Å². The molecule has 0 aliphatic heterocycles. The lowest BCUT2D eigenvalue weighted by atomic mass is 9.88. The Morgan fingerprint density at radius 3 is 2.13 bits per heavy atom. The normalized spacial score (nSPS) is 14.2. The molecule has 15 heavy (non-hydrogen) atoms. The molecule has 3 heteroatoms. The van der Waals surface area contributed by atoms with Gasteiger partial charge in [-0.15, -0.1) is 0 Å². The summed E-state index contributed by atoms with van der Waals surface area (Å²) >= 11 is 0. The second-order valence-electron chi connectivity index (χ2n) is 3.89. The van der Waals surface area contributed by atoms with Crippen molar-refractivity contribution in [3.8, 4) is 0 Å². The van der Waals surface area contributed by atoms with Crippen LogP contribution in [0.5, 0.6) is 0 Å². The van der Waals surface area contributed by atoms with Crippen LogP contribution in [-0.2, 0) is 9.47 Å². The van der Waals surface area contributed by atoms with Crippen LogP contribution < -0.4 is 5.32 Å². The molecule has 0 aliphatic carbocycles. The molecule has 0 radical (unpaired) electrons. The maximum Gasteiger partial charge on any atom is 0.0848 e. The van der Waals surface area contributed by atoms with Gasteiger partial charge in [-0.3, -0.25) is 0 Å². The van der Waals surface area contributed by atoms with Crippen LogP contribution in [-0.4, -0.2) is 39.0 Å². The highest BCUT2D eigenvalue weighted by Crippen LogP contribution is 2.24.